The smallest absolute Gasteiger partial charge is 0.180 e. The summed E-state index contributed by atoms with van der Waals surface area (Å²) in [5, 5.41) is 3.42. The molecule has 0 fully saturated rings. The van der Waals surface area contributed by atoms with Gasteiger partial charge in [0.05, 0.1) is 5.69 Å². The van der Waals surface area contributed by atoms with Crippen LogP contribution >= 0.6 is 11.8 Å². The molecular formula is C15H18N4S. The summed E-state index contributed by atoms with van der Waals surface area (Å²) in [7, 11) is 0. The Morgan fingerprint density at radius 3 is 2.90 bits per heavy atom. The molecule has 1 aliphatic rings. The topological polar surface area (TPSA) is 50.7 Å². The van der Waals surface area contributed by atoms with E-state index in [0.29, 0.717) is 0 Å². The van der Waals surface area contributed by atoms with E-state index in [1.807, 2.05) is 37.0 Å². The van der Waals surface area contributed by atoms with Crippen molar-refractivity contribution in [2.75, 3.05) is 11.9 Å². The highest BCUT2D eigenvalue weighted by Crippen LogP contribution is 2.34. The number of nitrogens with zero attached hydrogens (tertiary/aromatic N) is 3. The molecule has 0 unspecified atom stereocenters. The Kier molecular flexibility index (Phi) is 3.87. The highest BCUT2D eigenvalue weighted by atomic mass is 32.2. The van der Waals surface area contributed by atoms with Crippen molar-refractivity contribution in [3.63, 3.8) is 0 Å². The summed E-state index contributed by atoms with van der Waals surface area (Å²) in [5.41, 5.74) is 4.41. The second-order valence-electron chi connectivity index (χ2n) is 4.96. The first-order valence-electron chi connectivity index (χ1n) is 6.92. The van der Waals surface area contributed by atoms with Crippen LogP contribution < -0.4 is 5.32 Å². The molecule has 3 rings (SSSR count). The Hall–Kier alpha value is -1.62. The lowest BCUT2D eigenvalue weighted by molar-refractivity contribution is 0.953. The minimum atomic E-state index is 0.727. The molecule has 0 saturated heterocycles. The fourth-order valence-electron chi connectivity index (χ4n) is 2.16. The molecule has 0 saturated carbocycles. The maximum absolute atomic E-state index is 4.69. The van der Waals surface area contributed by atoms with Gasteiger partial charge in [-0.3, -0.25) is 4.98 Å². The third-order valence-corrected chi connectivity index (χ3v) is 4.23. The van der Waals surface area contributed by atoms with Crippen LogP contribution in [0, 0.1) is 6.92 Å². The number of aromatic nitrogens is 3. The summed E-state index contributed by atoms with van der Waals surface area (Å²) >= 11 is 1.89. The number of rotatable bonds is 4. The van der Waals surface area contributed by atoms with Crippen molar-refractivity contribution < 1.29 is 0 Å². The van der Waals surface area contributed by atoms with Crippen molar-refractivity contribution >= 4 is 17.6 Å². The molecule has 20 heavy (non-hydrogen) atoms. The van der Waals surface area contributed by atoms with Gasteiger partial charge in [0, 0.05) is 29.8 Å². The minimum Gasteiger partial charge on any atom is -0.370 e. The maximum Gasteiger partial charge on any atom is 0.180 e. The summed E-state index contributed by atoms with van der Waals surface area (Å²) in [5.74, 6) is 3.68. The van der Waals surface area contributed by atoms with Gasteiger partial charge in [0.2, 0.25) is 0 Å². The molecule has 104 valence electrons. The summed E-state index contributed by atoms with van der Waals surface area (Å²) in [6.07, 6.45) is 2.95. The first-order chi connectivity index (χ1) is 9.78. The first kappa shape index (κ1) is 13.4. The van der Waals surface area contributed by atoms with Crippen LogP contribution in [0.4, 0.5) is 5.82 Å². The zero-order chi connectivity index (χ0) is 13.9. The van der Waals surface area contributed by atoms with Crippen molar-refractivity contribution in [2.24, 2.45) is 0 Å². The molecule has 5 heteroatoms. The van der Waals surface area contributed by atoms with Gasteiger partial charge in [-0.25, -0.2) is 9.97 Å². The van der Waals surface area contributed by atoms with E-state index in [9.17, 15) is 0 Å². The van der Waals surface area contributed by atoms with E-state index >= 15 is 0 Å². The molecule has 0 aliphatic carbocycles. The fourth-order valence-corrected chi connectivity index (χ4v) is 3.20. The highest BCUT2D eigenvalue weighted by molar-refractivity contribution is 7.98. The molecule has 4 nitrogen and oxygen atoms in total. The average Bonchev–Trinajstić information content (AvgIpc) is 2.94. The van der Waals surface area contributed by atoms with E-state index in [0.717, 1.165) is 53.1 Å². The van der Waals surface area contributed by atoms with Crippen molar-refractivity contribution in [3.05, 3.63) is 35.2 Å². The van der Waals surface area contributed by atoms with E-state index in [-0.39, 0.29) is 0 Å². The molecule has 1 aliphatic heterocycles. The molecule has 0 atom stereocenters. The summed E-state index contributed by atoms with van der Waals surface area (Å²) in [4.78, 5) is 13.8. The van der Waals surface area contributed by atoms with Crippen LogP contribution in [-0.4, -0.2) is 21.5 Å². The molecule has 1 N–H and O–H groups in total. The van der Waals surface area contributed by atoms with Crippen LogP contribution in [0.25, 0.3) is 11.5 Å². The Morgan fingerprint density at radius 1 is 1.25 bits per heavy atom. The molecule has 0 spiro atoms. The van der Waals surface area contributed by atoms with Crippen LogP contribution in [0.2, 0.25) is 0 Å². The van der Waals surface area contributed by atoms with E-state index < -0.39 is 0 Å². The number of nitrogens with one attached hydrogen (secondary N) is 1. The molecule has 0 radical (unpaired) electrons. The summed E-state index contributed by atoms with van der Waals surface area (Å²) in [6.45, 7) is 5.13. The number of thioether (sulfide) groups is 1. The number of fused-ring (bicyclic) bond motifs is 1. The lowest BCUT2D eigenvalue weighted by Gasteiger charge is -2.11. The third-order valence-electron chi connectivity index (χ3n) is 3.26. The van der Waals surface area contributed by atoms with Gasteiger partial charge in [0.1, 0.15) is 11.5 Å². The van der Waals surface area contributed by atoms with E-state index in [4.69, 9.17) is 0 Å². The second-order valence-corrected chi connectivity index (χ2v) is 5.95. The van der Waals surface area contributed by atoms with Gasteiger partial charge in [-0.05, 0) is 25.0 Å². The zero-order valence-corrected chi connectivity index (χ0v) is 12.6. The van der Waals surface area contributed by atoms with E-state index in [1.54, 1.807) is 0 Å². The molecule has 3 heterocycles. The summed E-state index contributed by atoms with van der Waals surface area (Å²) in [6, 6.07) is 4.04. The quantitative estimate of drug-likeness (QED) is 0.933. The van der Waals surface area contributed by atoms with Gasteiger partial charge < -0.3 is 5.32 Å². The Balaban J connectivity index is 2.01. The molecule has 2 aromatic heterocycles. The maximum atomic E-state index is 4.69. The normalized spacial score (nSPS) is 13.3. The SMILES string of the molecule is CCCNc1nc(-c2ccc(C)cn2)nc2c1CSC2. The molecule has 0 amide bonds. The molecule has 0 bridgehead atoms. The first-order valence-corrected chi connectivity index (χ1v) is 8.08. The molecule has 0 aromatic carbocycles. The van der Waals surface area contributed by atoms with Crippen molar-refractivity contribution in [1.29, 1.82) is 0 Å². The Bertz CT molecular complexity index is 610. The van der Waals surface area contributed by atoms with Gasteiger partial charge in [0.15, 0.2) is 5.82 Å². The van der Waals surface area contributed by atoms with Gasteiger partial charge in [0.25, 0.3) is 0 Å². The van der Waals surface area contributed by atoms with Crippen molar-refractivity contribution in [3.8, 4) is 11.5 Å². The number of anilines is 1. The van der Waals surface area contributed by atoms with Gasteiger partial charge in [-0.2, -0.15) is 11.8 Å². The van der Waals surface area contributed by atoms with Crippen LogP contribution in [0.1, 0.15) is 30.2 Å². The predicted octanol–water partition coefficient (Wildman–Crippen LogP) is 3.42. The highest BCUT2D eigenvalue weighted by Gasteiger charge is 2.20. The third kappa shape index (κ3) is 2.63. The van der Waals surface area contributed by atoms with Gasteiger partial charge >= 0.3 is 0 Å². The number of aryl methyl sites for hydroxylation is 1. The van der Waals surface area contributed by atoms with E-state index in [1.165, 1.54) is 5.56 Å². The number of pyridine rings is 1. The lowest BCUT2D eigenvalue weighted by Crippen LogP contribution is -2.08. The average molecular weight is 286 g/mol. The van der Waals surface area contributed by atoms with Crippen molar-refractivity contribution in [2.45, 2.75) is 31.8 Å². The van der Waals surface area contributed by atoms with E-state index in [2.05, 4.69) is 27.2 Å². The Labute approximate surface area is 123 Å². The van der Waals surface area contributed by atoms with Gasteiger partial charge in [-0.1, -0.05) is 13.0 Å². The van der Waals surface area contributed by atoms with Crippen LogP contribution in [0.3, 0.4) is 0 Å². The second kappa shape index (κ2) is 5.79. The number of hydrogen-bond donors (Lipinski definition) is 1. The lowest BCUT2D eigenvalue weighted by atomic mass is 10.2. The van der Waals surface area contributed by atoms with Crippen LogP contribution in [0.5, 0.6) is 0 Å². The minimum absolute atomic E-state index is 0.727. The molecular weight excluding hydrogens is 268 g/mol. The van der Waals surface area contributed by atoms with Crippen molar-refractivity contribution in [1.82, 2.24) is 15.0 Å². The standard InChI is InChI=1S/C15H18N4S/c1-3-6-16-14-11-8-20-9-13(11)18-15(19-14)12-5-4-10(2)7-17-12/h4-5,7H,3,6,8-9H2,1-2H3,(H,16,18,19). The van der Waals surface area contributed by atoms with Gasteiger partial charge in [-0.15, -0.1) is 0 Å². The Morgan fingerprint density at radius 2 is 2.15 bits per heavy atom. The van der Waals surface area contributed by atoms with Crippen LogP contribution in [-0.2, 0) is 11.5 Å². The monoisotopic (exact) mass is 286 g/mol. The predicted molar refractivity (Wildman–Crippen MR) is 83.8 cm³/mol. The fraction of sp³-hybridized carbons (Fsp3) is 0.400. The number of hydrogen-bond acceptors (Lipinski definition) is 5. The summed E-state index contributed by atoms with van der Waals surface area (Å²) < 4.78 is 0. The zero-order valence-electron chi connectivity index (χ0n) is 11.8. The largest absolute Gasteiger partial charge is 0.370 e. The van der Waals surface area contributed by atoms with Crippen LogP contribution in [0.15, 0.2) is 18.3 Å². The molecule has 2 aromatic rings.